The van der Waals surface area contributed by atoms with Crippen molar-refractivity contribution in [3.05, 3.63) is 64.7 Å². The fraction of sp³-hybridized carbons (Fsp3) is 0.100. The van der Waals surface area contributed by atoms with E-state index in [2.05, 4.69) is 21.1 Å². The van der Waals surface area contributed by atoms with Gasteiger partial charge in [-0.1, -0.05) is 12.1 Å². The molecule has 0 N–H and O–H groups in total. The third kappa shape index (κ3) is 3.55. The average molecular weight is 422 g/mol. The monoisotopic (exact) mass is 421 g/mol. The Morgan fingerprint density at radius 3 is 2.55 bits per heavy atom. The van der Waals surface area contributed by atoms with Gasteiger partial charge in [-0.05, 0) is 30.7 Å². The summed E-state index contributed by atoms with van der Waals surface area (Å²) in [5.41, 5.74) is 6.55. The normalized spacial score (nSPS) is 11.3. The number of aryl methyl sites for hydroxylation is 1. The quantitative estimate of drug-likeness (QED) is 0.498. The molecule has 0 aliphatic heterocycles. The lowest BCUT2D eigenvalue weighted by molar-refractivity contribution is 0.601. The fourth-order valence-corrected chi connectivity index (χ4v) is 4.15. The van der Waals surface area contributed by atoms with Crippen molar-refractivity contribution < 1.29 is 8.42 Å². The third-order valence-corrected chi connectivity index (χ3v) is 6.15. The van der Waals surface area contributed by atoms with Gasteiger partial charge >= 0.3 is 0 Å². The Morgan fingerprint density at radius 1 is 1.14 bits per heavy atom. The van der Waals surface area contributed by atoms with Gasteiger partial charge in [0, 0.05) is 29.0 Å². The Labute approximate surface area is 171 Å². The van der Waals surface area contributed by atoms with Gasteiger partial charge in [0.05, 0.1) is 33.6 Å². The van der Waals surface area contributed by atoms with Gasteiger partial charge in [-0.25, -0.2) is 23.1 Å². The highest BCUT2D eigenvalue weighted by atomic mass is 32.2. The summed E-state index contributed by atoms with van der Waals surface area (Å²) in [6.07, 6.45) is 3.90. The zero-order chi connectivity index (χ0) is 20.6. The summed E-state index contributed by atoms with van der Waals surface area (Å²) in [5, 5.41) is 15.8. The Kier molecular flexibility index (Phi) is 4.74. The van der Waals surface area contributed by atoms with E-state index in [1.54, 1.807) is 16.3 Å². The minimum atomic E-state index is -3.35. The van der Waals surface area contributed by atoms with Crippen molar-refractivity contribution in [3.8, 4) is 34.4 Å². The smallest absolute Gasteiger partial charge is 0.177 e. The van der Waals surface area contributed by atoms with Gasteiger partial charge in [0.25, 0.3) is 0 Å². The number of nitriles is 1. The molecule has 0 aliphatic rings. The van der Waals surface area contributed by atoms with Gasteiger partial charge in [0.2, 0.25) is 0 Å². The largest absolute Gasteiger partial charge is 0.245 e. The van der Waals surface area contributed by atoms with Gasteiger partial charge in [-0.3, -0.25) is 0 Å². The lowest BCUT2D eigenvalue weighted by Gasteiger charge is -2.10. The highest BCUT2D eigenvalue weighted by molar-refractivity contribution is 7.90. The Morgan fingerprint density at radius 2 is 1.97 bits per heavy atom. The van der Waals surface area contributed by atoms with E-state index in [4.69, 9.17) is 0 Å². The zero-order valence-electron chi connectivity index (χ0n) is 15.6. The number of nitrogens with zero attached hydrogens (tertiary/aromatic N) is 5. The second-order valence-electron chi connectivity index (χ2n) is 6.46. The van der Waals surface area contributed by atoms with Gasteiger partial charge < -0.3 is 0 Å². The van der Waals surface area contributed by atoms with Crippen LogP contribution in [0.4, 0.5) is 0 Å². The van der Waals surface area contributed by atoms with Crippen molar-refractivity contribution in [3.63, 3.8) is 0 Å². The Bertz CT molecular complexity index is 1330. The molecule has 0 radical (unpaired) electrons. The van der Waals surface area contributed by atoms with Crippen LogP contribution in [-0.2, 0) is 9.84 Å². The van der Waals surface area contributed by atoms with E-state index in [0.717, 1.165) is 28.6 Å². The van der Waals surface area contributed by atoms with Gasteiger partial charge in [-0.15, -0.1) is 11.3 Å². The fourth-order valence-electron chi connectivity index (χ4n) is 3.04. The second-order valence-corrected chi connectivity index (χ2v) is 9.19. The SMILES string of the molecule is Cc1cc(-c2c(C#N)cnn2-c2ccc(S(C)(=O)=O)cn2)ccc1-c1cscn1. The molecular weight excluding hydrogens is 406 g/mol. The maximum atomic E-state index is 11.7. The average Bonchev–Trinajstić information content (AvgIpc) is 3.37. The number of hydrogen-bond acceptors (Lipinski definition) is 7. The summed E-state index contributed by atoms with van der Waals surface area (Å²) in [6, 6.07) is 11.1. The molecular formula is C20H15N5O2S2. The van der Waals surface area contributed by atoms with Gasteiger partial charge in [0.15, 0.2) is 15.7 Å². The van der Waals surface area contributed by atoms with Crippen LogP contribution in [0.15, 0.2) is 58.5 Å². The molecule has 0 atom stereocenters. The van der Waals surface area contributed by atoms with Crippen molar-refractivity contribution in [2.75, 3.05) is 6.26 Å². The van der Waals surface area contributed by atoms with E-state index in [1.165, 1.54) is 29.8 Å². The molecule has 1 aromatic carbocycles. The van der Waals surface area contributed by atoms with Crippen LogP contribution >= 0.6 is 11.3 Å². The number of pyridine rings is 1. The summed E-state index contributed by atoms with van der Waals surface area (Å²) >= 11 is 1.53. The topological polar surface area (TPSA) is 102 Å². The maximum absolute atomic E-state index is 11.7. The van der Waals surface area contributed by atoms with Crippen LogP contribution < -0.4 is 0 Å². The molecule has 0 amide bonds. The van der Waals surface area contributed by atoms with E-state index >= 15 is 0 Å². The number of rotatable bonds is 4. The molecule has 4 aromatic rings. The van der Waals surface area contributed by atoms with Crippen LogP contribution in [-0.4, -0.2) is 34.4 Å². The summed E-state index contributed by atoms with van der Waals surface area (Å²) in [7, 11) is -3.35. The molecule has 7 nitrogen and oxygen atoms in total. The van der Waals surface area contributed by atoms with Crippen LogP contribution in [0, 0.1) is 18.3 Å². The molecule has 4 rings (SSSR count). The van der Waals surface area contributed by atoms with E-state index in [1.807, 2.05) is 30.5 Å². The number of hydrogen-bond donors (Lipinski definition) is 0. The Hall–Kier alpha value is -3.35. The van der Waals surface area contributed by atoms with Gasteiger partial charge in [0.1, 0.15) is 6.07 Å². The van der Waals surface area contributed by atoms with Gasteiger partial charge in [-0.2, -0.15) is 10.4 Å². The van der Waals surface area contributed by atoms with E-state index in [0.29, 0.717) is 17.1 Å². The molecule has 29 heavy (non-hydrogen) atoms. The van der Waals surface area contributed by atoms with E-state index in [9.17, 15) is 13.7 Å². The van der Waals surface area contributed by atoms with Crippen molar-refractivity contribution in [2.45, 2.75) is 11.8 Å². The molecule has 0 saturated carbocycles. The number of thiazole rings is 1. The molecule has 0 spiro atoms. The first-order valence-corrected chi connectivity index (χ1v) is 11.4. The maximum Gasteiger partial charge on any atom is 0.177 e. The first-order valence-electron chi connectivity index (χ1n) is 8.52. The van der Waals surface area contributed by atoms with E-state index in [-0.39, 0.29) is 4.90 Å². The molecule has 9 heteroatoms. The lowest BCUT2D eigenvalue weighted by Crippen LogP contribution is -2.04. The van der Waals surface area contributed by atoms with Crippen LogP contribution in [0.3, 0.4) is 0 Å². The summed E-state index contributed by atoms with van der Waals surface area (Å²) < 4.78 is 24.9. The highest BCUT2D eigenvalue weighted by Crippen LogP contribution is 2.31. The van der Waals surface area contributed by atoms with Crippen LogP contribution in [0.2, 0.25) is 0 Å². The Balaban J connectivity index is 1.82. The minimum absolute atomic E-state index is 0.124. The predicted octanol–water partition coefficient (Wildman–Crippen LogP) is 3.64. The molecule has 3 aromatic heterocycles. The first kappa shape index (κ1) is 19.0. The molecule has 3 heterocycles. The number of aromatic nitrogens is 4. The summed E-state index contributed by atoms with van der Waals surface area (Å²) in [6.45, 7) is 1.99. The van der Waals surface area contributed by atoms with E-state index < -0.39 is 9.84 Å². The summed E-state index contributed by atoms with van der Waals surface area (Å²) in [5.74, 6) is 0.426. The summed E-state index contributed by atoms with van der Waals surface area (Å²) in [4.78, 5) is 8.71. The molecule has 0 unspecified atom stereocenters. The molecule has 144 valence electrons. The molecule has 0 aliphatic carbocycles. The standard InChI is InChI=1S/C20H15N5O2S2/c1-13-7-14(3-5-17(13)18-11-28-12-23-18)20-15(8-21)9-24-25(20)19-6-4-16(10-22-19)29(2,26)27/h3-7,9-12H,1-2H3. The predicted molar refractivity (Wildman–Crippen MR) is 110 cm³/mol. The van der Waals surface area contributed by atoms with Crippen molar-refractivity contribution in [2.24, 2.45) is 0 Å². The second kappa shape index (κ2) is 7.24. The van der Waals surface area contributed by atoms with Crippen molar-refractivity contribution in [1.82, 2.24) is 19.7 Å². The molecule has 0 fully saturated rings. The van der Waals surface area contributed by atoms with Crippen molar-refractivity contribution >= 4 is 21.2 Å². The van der Waals surface area contributed by atoms with Crippen LogP contribution in [0.1, 0.15) is 11.1 Å². The third-order valence-electron chi connectivity index (χ3n) is 4.46. The zero-order valence-corrected chi connectivity index (χ0v) is 17.2. The van der Waals surface area contributed by atoms with Crippen LogP contribution in [0.5, 0.6) is 0 Å². The molecule has 0 saturated heterocycles. The molecule has 0 bridgehead atoms. The highest BCUT2D eigenvalue weighted by Gasteiger charge is 2.17. The van der Waals surface area contributed by atoms with Crippen molar-refractivity contribution in [1.29, 1.82) is 5.26 Å². The van der Waals surface area contributed by atoms with Crippen LogP contribution in [0.25, 0.3) is 28.3 Å². The number of sulfone groups is 1. The first-order chi connectivity index (χ1) is 13.9. The number of benzene rings is 1. The minimum Gasteiger partial charge on any atom is -0.245 e. The lowest BCUT2D eigenvalue weighted by atomic mass is 10.00.